The second kappa shape index (κ2) is 5.15. The fraction of sp³-hybridized carbons (Fsp3) is 0.154. The molecule has 0 amide bonds. The van der Waals surface area contributed by atoms with Gasteiger partial charge >= 0.3 is 0 Å². The lowest BCUT2D eigenvalue weighted by Crippen LogP contribution is -2.18. The zero-order valence-electron chi connectivity index (χ0n) is 10.0. The van der Waals surface area contributed by atoms with Gasteiger partial charge in [0.25, 0.3) is 0 Å². The second-order valence-corrected chi connectivity index (χ2v) is 3.97. The van der Waals surface area contributed by atoms with E-state index in [4.69, 9.17) is 11.0 Å². The molecule has 0 bridgehead atoms. The maximum atomic E-state index is 8.65. The Morgan fingerprint density at radius 3 is 2.78 bits per heavy atom. The maximum absolute atomic E-state index is 8.65. The van der Waals surface area contributed by atoms with Gasteiger partial charge in [0.15, 0.2) is 5.69 Å². The third-order valence-corrected chi connectivity index (χ3v) is 2.51. The molecule has 0 atom stereocenters. The SMILES string of the molecule is CN(Cc1cccc(N)c1)c1cnc(C#N)cn1. The number of anilines is 2. The average molecular weight is 239 g/mol. The number of nitriles is 1. The van der Waals surface area contributed by atoms with Crippen molar-refractivity contribution < 1.29 is 0 Å². The van der Waals surface area contributed by atoms with Crippen molar-refractivity contribution in [3.63, 3.8) is 0 Å². The smallest absolute Gasteiger partial charge is 0.158 e. The van der Waals surface area contributed by atoms with Crippen LogP contribution in [0.1, 0.15) is 11.3 Å². The molecule has 0 aliphatic rings. The normalized spacial score (nSPS) is 9.78. The van der Waals surface area contributed by atoms with Crippen molar-refractivity contribution in [3.05, 3.63) is 47.9 Å². The number of nitrogens with two attached hydrogens (primary N) is 1. The number of hydrogen-bond donors (Lipinski definition) is 1. The minimum absolute atomic E-state index is 0.316. The maximum Gasteiger partial charge on any atom is 0.158 e. The summed E-state index contributed by atoms with van der Waals surface area (Å²) in [6.07, 6.45) is 3.05. The third kappa shape index (κ3) is 2.74. The number of aromatic nitrogens is 2. The summed E-state index contributed by atoms with van der Waals surface area (Å²) in [6.45, 7) is 0.686. The standard InChI is InChI=1S/C13H13N5/c1-18(9-10-3-2-4-11(15)5-10)13-8-16-12(6-14)7-17-13/h2-5,7-8H,9,15H2,1H3. The minimum Gasteiger partial charge on any atom is -0.399 e. The molecule has 18 heavy (non-hydrogen) atoms. The third-order valence-electron chi connectivity index (χ3n) is 2.51. The van der Waals surface area contributed by atoms with Crippen molar-refractivity contribution in [2.24, 2.45) is 0 Å². The van der Waals surface area contributed by atoms with E-state index in [9.17, 15) is 0 Å². The van der Waals surface area contributed by atoms with E-state index < -0.39 is 0 Å². The number of benzene rings is 1. The van der Waals surface area contributed by atoms with E-state index in [-0.39, 0.29) is 0 Å². The zero-order chi connectivity index (χ0) is 13.0. The zero-order valence-corrected chi connectivity index (χ0v) is 10.0. The van der Waals surface area contributed by atoms with Crippen LogP contribution in [0.15, 0.2) is 36.7 Å². The van der Waals surface area contributed by atoms with E-state index in [0.717, 1.165) is 17.1 Å². The Labute approximate surface area is 106 Å². The van der Waals surface area contributed by atoms with Crippen LogP contribution >= 0.6 is 0 Å². The predicted molar refractivity (Wildman–Crippen MR) is 69.7 cm³/mol. The van der Waals surface area contributed by atoms with Gasteiger partial charge in [0, 0.05) is 19.3 Å². The van der Waals surface area contributed by atoms with Crippen LogP contribution in [0.5, 0.6) is 0 Å². The molecule has 0 aliphatic heterocycles. The summed E-state index contributed by atoms with van der Waals surface area (Å²) in [4.78, 5) is 10.1. The molecule has 90 valence electrons. The monoisotopic (exact) mass is 239 g/mol. The molecule has 0 radical (unpaired) electrons. The molecule has 2 aromatic rings. The van der Waals surface area contributed by atoms with Gasteiger partial charge in [-0.2, -0.15) is 5.26 Å². The fourth-order valence-electron chi connectivity index (χ4n) is 1.62. The van der Waals surface area contributed by atoms with Gasteiger partial charge in [-0.3, -0.25) is 0 Å². The molecule has 5 nitrogen and oxygen atoms in total. The summed E-state index contributed by atoms with van der Waals surface area (Å²) < 4.78 is 0. The molecule has 5 heteroatoms. The van der Waals surface area contributed by atoms with Gasteiger partial charge < -0.3 is 10.6 Å². The first-order valence-electron chi connectivity index (χ1n) is 5.47. The Morgan fingerprint density at radius 2 is 2.17 bits per heavy atom. The lowest BCUT2D eigenvalue weighted by atomic mass is 10.2. The Balaban J connectivity index is 2.12. The van der Waals surface area contributed by atoms with Crippen LogP contribution in [-0.2, 0) is 6.54 Å². The van der Waals surface area contributed by atoms with E-state index in [2.05, 4.69) is 9.97 Å². The number of nitrogens with zero attached hydrogens (tertiary/aromatic N) is 4. The second-order valence-electron chi connectivity index (χ2n) is 3.97. The molecule has 2 rings (SSSR count). The van der Waals surface area contributed by atoms with Crippen molar-refractivity contribution in [1.29, 1.82) is 5.26 Å². The quantitative estimate of drug-likeness (QED) is 0.822. The molecule has 1 aromatic carbocycles. The van der Waals surface area contributed by atoms with E-state index in [1.54, 1.807) is 6.20 Å². The lowest BCUT2D eigenvalue weighted by Gasteiger charge is -2.17. The first kappa shape index (κ1) is 11.9. The van der Waals surface area contributed by atoms with Crippen molar-refractivity contribution in [2.45, 2.75) is 6.54 Å². The molecular formula is C13H13N5. The van der Waals surface area contributed by atoms with Gasteiger partial charge in [-0.1, -0.05) is 12.1 Å². The van der Waals surface area contributed by atoms with Crippen molar-refractivity contribution in [3.8, 4) is 6.07 Å². The van der Waals surface area contributed by atoms with Gasteiger partial charge in [-0.15, -0.1) is 0 Å². The first-order valence-corrected chi connectivity index (χ1v) is 5.47. The van der Waals surface area contributed by atoms with Crippen molar-refractivity contribution in [2.75, 3.05) is 17.7 Å². The number of nitrogen functional groups attached to an aromatic ring is 1. The number of hydrogen-bond acceptors (Lipinski definition) is 5. The largest absolute Gasteiger partial charge is 0.399 e. The van der Waals surface area contributed by atoms with Gasteiger partial charge in [-0.25, -0.2) is 9.97 Å². The van der Waals surface area contributed by atoms with Gasteiger partial charge in [-0.05, 0) is 17.7 Å². The van der Waals surface area contributed by atoms with Crippen LogP contribution < -0.4 is 10.6 Å². The lowest BCUT2D eigenvalue weighted by molar-refractivity contribution is 0.889. The van der Waals surface area contributed by atoms with E-state index in [0.29, 0.717) is 12.2 Å². The molecule has 0 spiro atoms. The highest BCUT2D eigenvalue weighted by molar-refractivity contribution is 5.43. The Kier molecular flexibility index (Phi) is 3.39. The molecule has 0 unspecified atom stereocenters. The topological polar surface area (TPSA) is 78.8 Å². The van der Waals surface area contributed by atoms with E-state index in [1.165, 1.54) is 6.20 Å². The summed E-state index contributed by atoms with van der Waals surface area (Å²) in [5, 5.41) is 8.65. The number of rotatable bonds is 3. The highest BCUT2D eigenvalue weighted by atomic mass is 15.2. The van der Waals surface area contributed by atoms with Crippen molar-refractivity contribution in [1.82, 2.24) is 9.97 Å². The first-order chi connectivity index (χ1) is 8.69. The van der Waals surface area contributed by atoms with Crippen LogP contribution in [0.3, 0.4) is 0 Å². The molecular weight excluding hydrogens is 226 g/mol. The molecule has 2 N–H and O–H groups in total. The highest BCUT2D eigenvalue weighted by Crippen LogP contribution is 2.13. The molecule has 1 aromatic heterocycles. The summed E-state index contributed by atoms with van der Waals surface area (Å²) in [6, 6.07) is 9.64. The van der Waals surface area contributed by atoms with E-state index >= 15 is 0 Å². The average Bonchev–Trinajstić information content (AvgIpc) is 2.39. The van der Waals surface area contributed by atoms with Crippen LogP contribution in [0, 0.1) is 11.3 Å². The highest BCUT2D eigenvalue weighted by Gasteiger charge is 2.04. The molecule has 0 fully saturated rings. The fourth-order valence-corrected chi connectivity index (χ4v) is 1.62. The van der Waals surface area contributed by atoms with Crippen LogP contribution in [0.4, 0.5) is 11.5 Å². The molecule has 0 saturated carbocycles. The summed E-state index contributed by atoms with van der Waals surface area (Å²) in [5.41, 5.74) is 7.89. The van der Waals surface area contributed by atoms with Gasteiger partial charge in [0.05, 0.1) is 12.4 Å². The Bertz CT molecular complexity index is 571. The van der Waals surface area contributed by atoms with E-state index in [1.807, 2.05) is 42.3 Å². The Morgan fingerprint density at radius 1 is 1.33 bits per heavy atom. The summed E-state index contributed by atoms with van der Waals surface area (Å²) in [5.74, 6) is 0.719. The minimum atomic E-state index is 0.316. The summed E-state index contributed by atoms with van der Waals surface area (Å²) >= 11 is 0. The van der Waals surface area contributed by atoms with Crippen LogP contribution in [0.25, 0.3) is 0 Å². The van der Waals surface area contributed by atoms with Crippen LogP contribution in [-0.4, -0.2) is 17.0 Å². The van der Waals surface area contributed by atoms with Crippen LogP contribution in [0.2, 0.25) is 0 Å². The predicted octanol–water partition coefficient (Wildman–Crippen LogP) is 1.57. The summed E-state index contributed by atoms with van der Waals surface area (Å²) in [7, 11) is 1.92. The Hall–Kier alpha value is -2.61. The van der Waals surface area contributed by atoms with Gasteiger partial charge in [0.1, 0.15) is 11.9 Å². The van der Waals surface area contributed by atoms with Gasteiger partial charge in [0.2, 0.25) is 0 Å². The van der Waals surface area contributed by atoms with Crippen molar-refractivity contribution >= 4 is 11.5 Å². The molecule has 0 saturated heterocycles. The molecule has 0 aliphatic carbocycles. The molecule has 1 heterocycles.